The van der Waals surface area contributed by atoms with Gasteiger partial charge in [-0.25, -0.2) is 4.79 Å². The van der Waals surface area contributed by atoms with Crippen LogP contribution in [0.25, 0.3) is 0 Å². The predicted octanol–water partition coefficient (Wildman–Crippen LogP) is 2.35. The Labute approximate surface area is 181 Å². The van der Waals surface area contributed by atoms with E-state index in [1.807, 2.05) is 0 Å². The van der Waals surface area contributed by atoms with Crippen molar-refractivity contribution in [2.75, 3.05) is 20.2 Å². The average Bonchev–Trinajstić information content (AvgIpc) is 3.21. The van der Waals surface area contributed by atoms with Crippen LogP contribution in [0.4, 0.5) is 4.79 Å². The standard InChI is InChI=1S/C21H28ClN3O5/c1-20(2,3)30-19(28)25(4)11-17(26)23-16-10-21(9-15(16)21)24-18(27)12-29-14-7-5-13(22)6-8-14/h5-8,15-16H,9-12H2,1-4H3,(H,23,26)(H,24,27)/t15?,16-,21?/m0/s1. The summed E-state index contributed by atoms with van der Waals surface area (Å²) in [5.41, 5.74) is -0.853. The fourth-order valence-electron chi connectivity index (χ4n) is 3.68. The molecule has 2 aliphatic carbocycles. The molecule has 1 aromatic carbocycles. The van der Waals surface area contributed by atoms with Crippen molar-refractivity contribution in [1.29, 1.82) is 0 Å². The maximum Gasteiger partial charge on any atom is 0.410 e. The maximum absolute atomic E-state index is 12.2. The van der Waals surface area contributed by atoms with E-state index in [1.165, 1.54) is 11.9 Å². The van der Waals surface area contributed by atoms with Crippen molar-refractivity contribution in [2.24, 2.45) is 5.92 Å². The number of hydrogen-bond acceptors (Lipinski definition) is 5. The number of nitrogens with one attached hydrogen (secondary N) is 2. The molecule has 164 valence electrons. The number of hydrogen-bond donors (Lipinski definition) is 2. The molecule has 0 radical (unpaired) electrons. The Bertz CT molecular complexity index is 823. The molecule has 30 heavy (non-hydrogen) atoms. The van der Waals surface area contributed by atoms with Gasteiger partial charge in [0.1, 0.15) is 17.9 Å². The van der Waals surface area contributed by atoms with Gasteiger partial charge in [-0.1, -0.05) is 11.6 Å². The van der Waals surface area contributed by atoms with Gasteiger partial charge in [-0.05, 0) is 57.9 Å². The molecule has 2 unspecified atom stereocenters. The smallest absolute Gasteiger partial charge is 0.410 e. The van der Waals surface area contributed by atoms with E-state index < -0.39 is 11.7 Å². The highest BCUT2D eigenvalue weighted by molar-refractivity contribution is 6.30. The topological polar surface area (TPSA) is 97.0 Å². The maximum atomic E-state index is 12.2. The highest BCUT2D eigenvalue weighted by Gasteiger charge is 2.68. The number of halogens is 1. The fraction of sp³-hybridized carbons (Fsp3) is 0.571. The second-order valence-electron chi connectivity index (χ2n) is 8.97. The molecule has 0 aliphatic heterocycles. The van der Waals surface area contributed by atoms with Gasteiger partial charge in [-0.2, -0.15) is 0 Å². The van der Waals surface area contributed by atoms with Crippen LogP contribution >= 0.6 is 11.6 Å². The predicted molar refractivity (Wildman–Crippen MR) is 111 cm³/mol. The number of carbonyl (C=O) groups excluding carboxylic acids is 3. The summed E-state index contributed by atoms with van der Waals surface area (Å²) in [6, 6.07) is 6.81. The Balaban J connectivity index is 1.36. The van der Waals surface area contributed by atoms with Crippen LogP contribution < -0.4 is 15.4 Å². The second kappa shape index (κ2) is 8.34. The van der Waals surface area contributed by atoms with Gasteiger partial charge >= 0.3 is 6.09 Å². The monoisotopic (exact) mass is 437 g/mol. The molecule has 2 saturated carbocycles. The van der Waals surface area contributed by atoms with Crippen molar-refractivity contribution in [2.45, 2.75) is 50.8 Å². The van der Waals surface area contributed by atoms with Crippen molar-refractivity contribution in [3.63, 3.8) is 0 Å². The van der Waals surface area contributed by atoms with Gasteiger partial charge < -0.3 is 25.0 Å². The van der Waals surface area contributed by atoms with Crippen molar-refractivity contribution in [3.8, 4) is 5.75 Å². The van der Waals surface area contributed by atoms with E-state index >= 15 is 0 Å². The summed E-state index contributed by atoms with van der Waals surface area (Å²) in [5, 5.41) is 6.55. The van der Waals surface area contributed by atoms with Crippen molar-refractivity contribution in [1.82, 2.24) is 15.5 Å². The molecule has 3 atom stereocenters. The Morgan fingerprint density at radius 2 is 1.83 bits per heavy atom. The van der Waals surface area contributed by atoms with E-state index in [1.54, 1.807) is 45.0 Å². The summed E-state index contributed by atoms with van der Waals surface area (Å²) in [4.78, 5) is 37.6. The zero-order valence-electron chi connectivity index (χ0n) is 17.7. The van der Waals surface area contributed by atoms with E-state index in [2.05, 4.69) is 10.6 Å². The van der Waals surface area contributed by atoms with Crippen LogP contribution in [0.1, 0.15) is 33.6 Å². The Morgan fingerprint density at radius 3 is 2.43 bits per heavy atom. The molecule has 3 amide bonds. The fourth-order valence-corrected chi connectivity index (χ4v) is 3.81. The van der Waals surface area contributed by atoms with Crippen molar-refractivity contribution in [3.05, 3.63) is 29.3 Å². The van der Waals surface area contributed by atoms with E-state index in [0.29, 0.717) is 17.2 Å². The summed E-state index contributed by atoms with van der Waals surface area (Å²) in [7, 11) is 1.52. The summed E-state index contributed by atoms with van der Waals surface area (Å²) in [6.07, 6.45) is 0.957. The van der Waals surface area contributed by atoms with Gasteiger partial charge in [-0.15, -0.1) is 0 Å². The molecule has 1 aromatic rings. The lowest BCUT2D eigenvalue weighted by molar-refractivity contribution is -0.125. The highest BCUT2D eigenvalue weighted by atomic mass is 35.5. The van der Waals surface area contributed by atoms with Gasteiger partial charge in [-0.3, -0.25) is 9.59 Å². The number of amides is 3. The van der Waals surface area contributed by atoms with Crippen molar-refractivity contribution < 1.29 is 23.9 Å². The number of carbonyl (C=O) groups is 3. The molecule has 3 rings (SSSR count). The lowest BCUT2D eigenvalue weighted by atomic mass is 9.86. The first-order valence-electron chi connectivity index (χ1n) is 9.90. The van der Waals surface area contributed by atoms with E-state index in [-0.39, 0.29) is 42.5 Å². The molecule has 9 heteroatoms. The molecule has 0 heterocycles. The minimum absolute atomic E-state index is 0.00187. The second-order valence-corrected chi connectivity index (χ2v) is 9.41. The zero-order valence-corrected chi connectivity index (χ0v) is 18.4. The van der Waals surface area contributed by atoms with Crippen LogP contribution in [-0.2, 0) is 14.3 Å². The number of ether oxygens (including phenoxy) is 2. The SMILES string of the molecule is CN(CC(=O)N[C@H]1CC2(NC(=O)COc3ccc(Cl)cc3)CC12)C(=O)OC(C)(C)C. The third-order valence-corrected chi connectivity index (χ3v) is 5.46. The zero-order chi connectivity index (χ0) is 22.1. The lowest BCUT2D eigenvalue weighted by Crippen LogP contribution is -2.57. The number of benzene rings is 1. The molecular weight excluding hydrogens is 410 g/mol. The number of rotatable bonds is 7. The van der Waals surface area contributed by atoms with Crippen LogP contribution in [-0.4, -0.2) is 60.2 Å². The minimum Gasteiger partial charge on any atom is -0.484 e. The van der Waals surface area contributed by atoms with Crippen molar-refractivity contribution >= 4 is 29.5 Å². The summed E-state index contributed by atoms with van der Waals surface area (Å²) in [5.74, 6) is 0.355. The summed E-state index contributed by atoms with van der Waals surface area (Å²) < 4.78 is 10.7. The third-order valence-electron chi connectivity index (χ3n) is 5.21. The van der Waals surface area contributed by atoms with E-state index in [4.69, 9.17) is 21.1 Å². The van der Waals surface area contributed by atoms with E-state index in [9.17, 15) is 14.4 Å². The van der Waals surface area contributed by atoms with Gasteiger partial charge in [0, 0.05) is 29.6 Å². The minimum atomic E-state index is -0.612. The van der Waals surface area contributed by atoms with Gasteiger partial charge in [0.25, 0.3) is 5.91 Å². The van der Waals surface area contributed by atoms with E-state index in [0.717, 1.165) is 6.42 Å². The molecule has 0 aromatic heterocycles. The van der Waals surface area contributed by atoms with Crippen LogP contribution in [0.3, 0.4) is 0 Å². The van der Waals surface area contributed by atoms with Gasteiger partial charge in [0.2, 0.25) is 5.91 Å². The lowest BCUT2D eigenvalue weighted by Gasteiger charge is -2.36. The van der Waals surface area contributed by atoms with Crippen LogP contribution in [0.15, 0.2) is 24.3 Å². The molecular formula is C21H28ClN3O5. The molecule has 2 N–H and O–H groups in total. The first kappa shape index (κ1) is 22.2. The number of fused-ring (bicyclic) bond motifs is 1. The van der Waals surface area contributed by atoms with Crippen LogP contribution in [0.2, 0.25) is 5.02 Å². The Hall–Kier alpha value is -2.48. The Morgan fingerprint density at radius 1 is 1.17 bits per heavy atom. The highest BCUT2D eigenvalue weighted by Crippen LogP contribution is 2.59. The number of nitrogens with zero attached hydrogens (tertiary/aromatic N) is 1. The molecule has 2 fully saturated rings. The third kappa shape index (κ3) is 5.56. The summed E-state index contributed by atoms with van der Waals surface area (Å²) in [6.45, 7) is 5.16. The number of likely N-dealkylation sites (N-methyl/N-ethyl adjacent to an activating group) is 1. The largest absolute Gasteiger partial charge is 0.484 e. The summed E-state index contributed by atoms with van der Waals surface area (Å²) >= 11 is 5.82. The molecule has 0 saturated heterocycles. The quantitative estimate of drug-likeness (QED) is 0.682. The van der Waals surface area contributed by atoms with Crippen LogP contribution in [0, 0.1) is 5.92 Å². The Kier molecular flexibility index (Phi) is 6.17. The van der Waals surface area contributed by atoms with Crippen LogP contribution in [0.5, 0.6) is 5.75 Å². The molecule has 0 spiro atoms. The van der Waals surface area contributed by atoms with Gasteiger partial charge in [0.15, 0.2) is 6.61 Å². The first-order valence-corrected chi connectivity index (χ1v) is 10.3. The molecule has 8 nitrogen and oxygen atoms in total. The molecule has 0 bridgehead atoms. The molecule has 2 aliphatic rings. The average molecular weight is 438 g/mol. The van der Waals surface area contributed by atoms with Gasteiger partial charge in [0.05, 0.1) is 0 Å². The normalized spacial score (nSPS) is 24.0. The first-order chi connectivity index (χ1) is 14.0.